The second-order valence-corrected chi connectivity index (χ2v) is 5.13. The van der Waals surface area contributed by atoms with E-state index in [4.69, 9.17) is 14.2 Å². The van der Waals surface area contributed by atoms with Crippen molar-refractivity contribution < 1.29 is 19.0 Å². The number of nitrogens with one attached hydrogen (secondary N) is 1. The average Bonchev–Trinajstić information content (AvgIpc) is 2.95. The van der Waals surface area contributed by atoms with Gasteiger partial charge in [0.1, 0.15) is 6.10 Å². The maximum atomic E-state index is 11.8. The maximum absolute atomic E-state index is 11.8. The largest absolute Gasteiger partial charge is 0.377 e. The Morgan fingerprint density at radius 3 is 2.90 bits per heavy atom. The van der Waals surface area contributed by atoms with Gasteiger partial charge in [-0.1, -0.05) is 30.3 Å². The van der Waals surface area contributed by atoms with Gasteiger partial charge in [-0.05, 0) is 12.0 Å². The number of carbonyl (C=O) groups is 1. The number of methoxy groups -OCH3 is 1. The Hall–Kier alpha value is -1.43. The summed E-state index contributed by atoms with van der Waals surface area (Å²) in [5.74, 6) is 0.0239. The van der Waals surface area contributed by atoms with Crippen molar-refractivity contribution in [3.63, 3.8) is 0 Å². The first-order chi connectivity index (χ1) is 10.3. The summed E-state index contributed by atoms with van der Waals surface area (Å²) in [5.41, 5.74) is 1.15. The van der Waals surface area contributed by atoms with Crippen LogP contribution in [0.3, 0.4) is 0 Å². The summed E-state index contributed by atoms with van der Waals surface area (Å²) >= 11 is 0. The van der Waals surface area contributed by atoms with Gasteiger partial charge >= 0.3 is 0 Å². The predicted molar refractivity (Wildman–Crippen MR) is 78.9 cm³/mol. The van der Waals surface area contributed by atoms with Crippen molar-refractivity contribution in [1.82, 2.24) is 5.32 Å². The number of carbonyl (C=O) groups excluding carboxylic acids is 1. The third-order valence-corrected chi connectivity index (χ3v) is 3.48. The van der Waals surface area contributed by atoms with E-state index in [1.165, 1.54) is 0 Å². The van der Waals surface area contributed by atoms with E-state index in [2.05, 4.69) is 5.32 Å². The molecule has 0 unspecified atom stereocenters. The number of rotatable bonds is 8. The molecule has 21 heavy (non-hydrogen) atoms. The number of amides is 1. The van der Waals surface area contributed by atoms with Crippen LogP contribution in [-0.2, 0) is 25.6 Å². The Kier molecular flexibility index (Phi) is 6.66. The lowest BCUT2D eigenvalue weighted by molar-refractivity contribution is -0.122. The molecule has 5 nitrogen and oxygen atoms in total. The molecule has 1 saturated heterocycles. The summed E-state index contributed by atoms with van der Waals surface area (Å²) in [6, 6.07) is 9.97. The topological polar surface area (TPSA) is 56.8 Å². The normalized spacial score (nSPS) is 21.4. The number of hydrogen-bond donors (Lipinski definition) is 1. The zero-order valence-electron chi connectivity index (χ0n) is 12.4. The molecule has 1 aliphatic heterocycles. The number of benzene rings is 1. The van der Waals surface area contributed by atoms with Gasteiger partial charge in [0.15, 0.2) is 0 Å². The minimum Gasteiger partial charge on any atom is -0.377 e. The van der Waals surface area contributed by atoms with Gasteiger partial charge in [-0.25, -0.2) is 0 Å². The molecular formula is C16H23NO4. The van der Waals surface area contributed by atoms with E-state index in [0.717, 1.165) is 5.56 Å². The van der Waals surface area contributed by atoms with Crippen molar-refractivity contribution >= 4 is 5.91 Å². The van der Waals surface area contributed by atoms with E-state index in [1.54, 1.807) is 7.11 Å². The molecule has 0 spiro atoms. The first-order valence-electron chi connectivity index (χ1n) is 7.31. The summed E-state index contributed by atoms with van der Waals surface area (Å²) in [6.45, 7) is 2.23. The third kappa shape index (κ3) is 5.46. The monoisotopic (exact) mass is 293 g/mol. The highest BCUT2D eigenvalue weighted by molar-refractivity contribution is 5.76. The number of ether oxygens (including phenoxy) is 3. The molecule has 5 heteroatoms. The summed E-state index contributed by atoms with van der Waals surface area (Å²) < 4.78 is 16.1. The van der Waals surface area contributed by atoms with E-state index in [1.807, 2.05) is 30.3 Å². The smallest absolute Gasteiger partial charge is 0.220 e. The molecule has 1 N–H and O–H groups in total. The summed E-state index contributed by atoms with van der Waals surface area (Å²) in [6.07, 6.45) is 1.13. The molecule has 1 aromatic rings. The molecule has 1 heterocycles. The highest BCUT2D eigenvalue weighted by Crippen LogP contribution is 2.09. The van der Waals surface area contributed by atoms with Crippen molar-refractivity contribution in [3.05, 3.63) is 35.9 Å². The van der Waals surface area contributed by atoms with Gasteiger partial charge in [0, 0.05) is 20.1 Å². The molecule has 1 aliphatic rings. The molecule has 116 valence electrons. The molecule has 1 amide bonds. The zero-order valence-corrected chi connectivity index (χ0v) is 12.4. The van der Waals surface area contributed by atoms with Gasteiger partial charge in [-0.2, -0.15) is 0 Å². The quantitative estimate of drug-likeness (QED) is 0.738. The van der Waals surface area contributed by atoms with Crippen molar-refractivity contribution in [2.45, 2.75) is 31.6 Å². The Morgan fingerprint density at radius 1 is 1.33 bits per heavy atom. The Labute approximate surface area is 125 Å². The van der Waals surface area contributed by atoms with Crippen LogP contribution in [-0.4, -0.2) is 45.0 Å². The van der Waals surface area contributed by atoms with Crippen LogP contribution in [0.4, 0.5) is 0 Å². The SMILES string of the molecule is CO[C@H]1COC[C@@H]1NC(=O)CCCOCc1ccccc1. The molecular weight excluding hydrogens is 270 g/mol. The van der Waals surface area contributed by atoms with Gasteiger partial charge in [-0.3, -0.25) is 4.79 Å². The Bertz CT molecular complexity index is 424. The van der Waals surface area contributed by atoms with Crippen molar-refractivity contribution in [1.29, 1.82) is 0 Å². The zero-order chi connectivity index (χ0) is 14.9. The van der Waals surface area contributed by atoms with Crippen LogP contribution in [0.2, 0.25) is 0 Å². The Morgan fingerprint density at radius 2 is 2.14 bits per heavy atom. The minimum absolute atomic E-state index is 0.0239. The molecule has 0 bridgehead atoms. The molecule has 1 fully saturated rings. The van der Waals surface area contributed by atoms with E-state index < -0.39 is 0 Å². The predicted octanol–water partition coefficient (Wildman–Crippen LogP) is 1.51. The van der Waals surface area contributed by atoms with Crippen molar-refractivity contribution in [2.24, 2.45) is 0 Å². The molecule has 2 atom stereocenters. The third-order valence-electron chi connectivity index (χ3n) is 3.48. The van der Waals surface area contributed by atoms with Crippen LogP contribution in [0, 0.1) is 0 Å². The second kappa shape index (κ2) is 8.77. The van der Waals surface area contributed by atoms with Crippen LogP contribution >= 0.6 is 0 Å². The lowest BCUT2D eigenvalue weighted by Crippen LogP contribution is -2.43. The molecule has 0 aromatic heterocycles. The highest BCUT2D eigenvalue weighted by atomic mass is 16.5. The van der Waals surface area contributed by atoms with Crippen LogP contribution in [0.15, 0.2) is 30.3 Å². The fraction of sp³-hybridized carbons (Fsp3) is 0.562. The Balaban J connectivity index is 1.55. The lowest BCUT2D eigenvalue weighted by Gasteiger charge is -2.17. The molecule has 2 rings (SSSR count). The van der Waals surface area contributed by atoms with Crippen LogP contribution in [0.5, 0.6) is 0 Å². The molecule has 1 aromatic carbocycles. The van der Waals surface area contributed by atoms with Crippen LogP contribution in [0.25, 0.3) is 0 Å². The first kappa shape index (κ1) is 15.9. The van der Waals surface area contributed by atoms with Gasteiger partial charge in [0.25, 0.3) is 0 Å². The molecule has 0 radical (unpaired) electrons. The van der Waals surface area contributed by atoms with Gasteiger partial charge < -0.3 is 19.5 Å². The summed E-state index contributed by atoms with van der Waals surface area (Å²) in [7, 11) is 1.63. The van der Waals surface area contributed by atoms with E-state index in [-0.39, 0.29) is 18.1 Å². The molecule has 0 saturated carbocycles. The van der Waals surface area contributed by atoms with Crippen LogP contribution in [0.1, 0.15) is 18.4 Å². The average molecular weight is 293 g/mol. The molecule has 0 aliphatic carbocycles. The van der Waals surface area contributed by atoms with Crippen LogP contribution < -0.4 is 5.32 Å². The lowest BCUT2D eigenvalue weighted by atomic mass is 10.2. The van der Waals surface area contributed by atoms with Gasteiger partial charge in [-0.15, -0.1) is 0 Å². The summed E-state index contributed by atoms with van der Waals surface area (Å²) in [4.78, 5) is 11.8. The fourth-order valence-electron chi connectivity index (χ4n) is 2.28. The maximum Gasteiger partial charge on any atom is 0.220 e. The van der Waals surface area contributed by atoms with Gasteiger partial charge in [0.2, 0.25) is 5.91 Å². The first-order valence-corrected chi connectivity index (χ1v) is 7.31. The summed E-state index contributed by atoms with van der Waals surface area (Å²) in [5, 5.41) is 2.94. The standard InChI is InChI=1S/C16H23NO4/c1-19-15-12-21-11-14(15)17-16(18)8-5-9-20-10-13-6-3-2-4-7-13/h2-4,6-7,14-15H,5,8-12H2,1H3,(H,17,18)/t14-,15-/m0/s1. The fourth-order valence-corrected chi connectivity index (χ4v) is 2.28. The van der Waals surface area contributed by atoms with E-state index in [9.17, 15) is 4.79 Å². The van der Waals surface area contributed by atoms with Crippen molar-refractivity contribution in [3.8, 4) is 0 Å². The highest BCUT2D eigenvalue weighted by Gasteiger charge is 2.29. The second-order valence-electron chi connectivity index (χ2n) is 5.13. The van der Waals surface area contributed by atoms with E-state index in [0.29, 0.717) is 39.3 Å². The number of hydrogen-bond acceptors (Lipinski definition) is 4. The van der Waals surface area contributed by atoms with Crippen molar-refractivity contribution in [2.75, 3.05) is 26.9 Å². The minimum atomic E-state index is -0.0386. The van der Waals surface area contributed by atoms with E-state index >= 15 is 0 Å². The van der Waals surface area contributed by atoms with Gasteiger partial charge in [0.05, 0.1) is 25.9 Å².